The van der Waals surface area contributed by atoms with E-state index in [2.05, 4.69) is 25.3 Å². The third-order valence-electron chi connectivity index (χ3n) is 3.98. The molecule has 1 aliphatic rings. The first-order valence-corrected chi connectivity index (χ1v) is 6.81. The molecule has 1 aliphatic carbocycles. The lowest BCUT2D eigenvalue weighted by Crippen LogP contribution is -2.33. The summed E-state index contributed by atoms with van der Waals surface area (Å²) in [6, 6.07) is 2.45. The lowest BCUT2D eigenvalue weighted by atomic mass is 9.69. The Labute approximate surface area is 96.7 Å². The number of hydrogen-bond donors (Lipinski definition) is 1. The molecular formula is C13H21NS. The van der Waals surface area contributed by atoms with Gasteiger partial charge in [0.25, 0.3) is 0 Å². The topological polar surface area (TPSA) is 26.0 Å². The molecule has 0 radical (unpaired) electrons. The van der Waals surface area contributed by atoms with Crippen LogP contribution in [-0.4, -0.2) is 0 Å². The highest BCUT2D eigenvalue weighted by molar-refractivity contribution is 7.10. The van der Waals surface area contributed by atoms with Crippen LogP contribution in [0.15, 0.2) is 11.4 Å². The van der Waals surface area contributed by atoms with E-state index in [-0.39, 0.29) is 6.04 Å². The molecule has 15 heavy (non-hydrogen) atoms. The summed E-state index contributed by atoms with van der Waals surface area (Å²) in [6.07, 6.45) is 6.69. The van der Waals surface area contributed by atoms with Crippen molar-refractivity contribution in [3.63, 3.8) is 0 Å². The molecule has 1 saturated carbocycles. The molecule has 2 rings (SSSR count). The highest BCUT2D eigenvalue weighted by atomic mass is 32.1. The van der Waals surface area contributed by atoms with E-state index >= 15 is 0 Å². The zero-order chi connectivity index (χ0) is 10.9. The van der Waals surface area contributed by atoms with Crippen LogP contribution in [0.3, 0.4) is 0 Å². The molecule has 0 aliphatic heterocycles. The van der Waals surface area contributed by atoms with Gasteiger partial charge < -0.3 is 5.73 Å². The summed E-state index contributed by atoms with van der Waals surface area (Å²) < 4.78 is 0. The molecular weight excluding hydrogens is 202 g/mol. The van der Waals surface area contributed by atoms with Crippen molar-refractivity contribution < 1.29 is 0 Å². The maximum absolute atomic E-state index is 6.46. The largest absolute Gasteiger partial charge is 0.323 e. The molecule has 0 spiro atoms. The van der Waals surface area contributed by atoms with Gasteiger partial charge in [0.15, 0.2) is 0 Å². The SMILES string of the molecule is Cc1sccc1C(N)C1(C)CCCCC1. The van der Waals surface area contributed by atoms with Crippen molar-refractivity contribution >= 4 is 11.3 Å². The Balaban J connectivity index is 2.19. The molecule has 1 aromatic rings. The van der Waals surface area contributed by atoms with Crippen molar-refractivity contribution in [3.05, 3.63) is 21.9 Å². The van der Waals surface area contributed by atoms with E-state index in [0.717, 1.165) is 0 Å². The van der Waals surface area contributed by atoms with Gasteiger partial charge in [0.2, 0.25) is 0 Å². The minimum Gasteiger partial charge on any atom is -0.323 e. The third kappa shape index (κ3) is 2.11. The van der Waals surface area contributed by atoms with Crippen LogP contribution in [0.25, 0.3) is 0 Å². The van der Waals surface area contributed by atoms with Crippen LogP contribution in [0.2, 0.25) is 0 Å². The van der Waals surface area contributed by atoms with Gasteiger partial charge in [-0.25, -0.2) is 0 Å². The van der Waals surface area contributed by atoms with E-state index in [1.165, 1.54) is 42.5 Å². The van der Waals surface area contributed by atoms with Crippen LogP contribution in [0, 0.1) is 12.3 Å². The lowest BCUT2D eigenvalue weighted by molar-refractivity contribution is 0.170. The predicted molar refractivity (Wildman–Crippen MR) is 67.2 cm³/mol. The molecule has 1 fully saturated rings. The van der Waals surface area contributed by atoms with Crippen molar-refractivity contribution in [2.45, 2.75) is 52.0 Å². The summed E-state index contributed by atoms with van der Waals surface area (Å²) in [7, 11) is 0. The molecule has 1 heterocycles. The molecule has 0 amide bonds. The molecule has 0 aromatic carbocycles. The van der Waals surface area contributed by atoms with Crippen molar-refractivity contribution in [3.8, 4) is 0 Å². The second kappa shape index (κ2) is 4.26. The fourth-order valence-electron chi connectivity index (χ4n) is 2.76. The molecule has 1 aromatic heterocycles. The van der Waals surface area contributed by atoms with E-state index in [1.807, 2.05) is 11.3 Å². The average Bonchev–Trinajstić information content (AvgIpc) is 2.64. The van der Waals surface area contributed by atoms with E-state index in [9.17, 15) is 0 Å². The number of rotatable bonds is 2. The van der Waals surface area contributed by atoms with Crippen LogP contribution in [0.5, 0.6) is 0 Å². The Hall–Kier alpha value is -0.340. The fourth-order valence-corrected chi connectivity index (χ4v) is 3.51. The second-order valence-corrected chi connectivity index (χ2v) is 6.24. The minimum absolute atomic E-state index is 0.240. The Kier molecular flexibility index (Phi) is 3.17. The van der Waals surface area contributed by atoms with Gasteiger partial charge in [-0.3, -0.25) is 0 Å². The zero-order valence-electron chi connectivity index (χ0n) is 9.75. The summed E-state index contributed by atoms with van der Waals surface area (Å²) in [5, 5.41) is 2.16. The zero-order valence-corrected chi connectivity index (χ0v) is 10.6. The van der Waals surface area contributed by atoms with Gasteiger partial charge in [0, 0.05) is 10.9 Å². The van der Waals surface area contributed by atoms with Crippen LogP contribution >= 0.6 is 11.3 Å². The molecule has 2 N–H and O–H groups in total. The molecule has 2 heteroatoms. The summed E-state index contributed by atoms with van der Waals surface area (Å²) in [4.78, 5) is 1.40. The van der Waals surface area contributed by atoms with Crippen molar-refractivity contribution in [1.29, 1.82) is 0 Å². The first-order chi connectivity index (χ1) is 7.13. The van der Waals surface area contributed by atoms with Crippen molar-refractivity contribution in [1.82, 2.24) is 0 Å². The molecule has 1 atom stereocenters. The first kappa shape index (κ1) is 11.2. The van der Waals surface area contributed by atoms with Crippen molar-refractivity contribution in [2.75, 3.05) is 0 Å². The summed E-state index contributed by atoms with van der Waals surface area (Å²) >= 11 is 1.82. The van der Waals surface area contributed by atoms with Gasteiger partial charge >= 0.3 is 0 Å². The molecule has 84 valence electrons. The summed E-state index contributed by atoms with van der Waals surface area (Å²) in [6.45, 7) is 4.56. The van der Waals surface area contributed by atoms with Gasteiger partial charge in [-0.1, -0.05) is 26.2 Å². The van der Waals surface area contributed by atoms with Crippen LogP contribution in [0.4, 0.5) is 0 Å². The van der Waals surface area contributed by atoms with E-state index in [0.29, 0.717) is 5.41 Å². The number of nitrogens with two attached hydrogens (primary N) is 1. The molecule has 1 unspecified atom stereocenters. The predicted octanol–water partition coefficient (Wildman–Crippen LogP) is 4.03. The van der Waals surface area contributed by atoms with Crippen molar-refractivity contribution in [2.24, 2.45) is 11.1 Å². The maximum Gasteiger partial charge on any atom is 0.0360 e. The van der Waals surface area contributed by atoms with Crippen LogP contribution in [-0.2, 0) is 0 Å². The standard InChI is InChI=1S/C13H21NS/c1-10-11(6-9-15-10)12(14)13(2)7-4-3-5-8-13/h6,9,12H,3-5,7-8,14H2,1-2H3. The maximum atomic E-state index is 6.46. The van der Waals surface area contributed by atoms with Gasteiger partial charge in [0.05, 0.1) is 0 Å². The lowest BCUT2D eigenvalue weighted by Gasteiger charge is -2.39. The Morgan fingerprint density at radius 2 is 2.00 bits per heavy atom. The normalized spacial score (nSPS) is 22.6. The van der Waals surface area contributed by atoms with Gasteiger partial charge in [-0.05, 0) is 42.2 Å². The van der Waals surface area contributed by atoms with Gasteiger partial charge in [-0.2, -0.15) is 0 Å². The third-order valence-corrected chi connectivity index (χ3v) is 4.84. The smallest absolute Gasteiger partial charge is 0.0360 e. The Morgan fingerprint density at radius 3 is 2.53 bits per heavy atom. The fraction of sp³-hybridized carbons (Fsp3) is 0.692. The highest BCUT2D eigenvalue weighted by Gasteiger charge is 2.34. The quantitative estimate of drug-likeness (QED) is 0.805. The number of hydrogen-bond acceptors (Lipinski definition) is 2. The van der Waals surface area contributed by atoms with Gasteiger partial charge in [0.1, 0.15) is 0 Å². The number of aryl methyl sites for hydroxylation is 1. The van der Waals surface area contributed by atoms with Crippen LogP contribution < -0.4 is 5.73 Å². The Bertz CT molecular complexity index is 323. The highest BCUT2D eigenvalue weighted by Crippen LogP contribution is 2.45. The van der Waals surface area contributed by atoms with E-state index in [4.69, 9.17) is 5.73 Å². The van der Waals surface area contributed by atoms with Crippen LogP contribution in [0.1, 0.15) is 55.5 Å². The van der Waals surface area contributed by atoms with E-state index < -0.39 is 0 Å². The monoisotopic (exact) mass is 223 g/mol. The van der Waals surface area contributed by atoms with E-state index in [1.54, 1.807) is 0 Å². The minimum atomic E-state index is 0.240. The molecule has 0 saturated heterocycles. The summed E-state index contributed by atoms with van der Waals surface area (Å²) in [5.41, 5.74) is 8.17. The number of thiophene rings is 1. The molecule has 1 nitrogen and oxygen atoms in total. The molecule has 0 bridgehead atoms. The average molecular weight is 223 g/mol. The Morgan fingerprint density at radius 1 is 1.33 bits per heavy atom. The summed E-state index contributed by atoms with van der Waals surface area (Å²) in [5.74, 6) is 0. The second-order valence-electron chi connectivity index (χ2n) is 5.12. The van der Waals surface area contributed by atoms with Gasteiger partial charge in [-0.15, -0.1) is 11.3 Å². The first-order valence-electron chi connectivity index (χ1n) is 5.93.